The lowest BCUT2D eigenvalue weighted by atomic mass is 9.90. The molecule has 2 atom stereocenters. The van der Waals surface area contributed by atoms with Crippen molar-refractivity contribution < 1.29 is 28.7 Å². The van der Waals surface area contributed by atoms with Gasteiger partial charge in [-0.15, -0.1) is 0 Å². The molecule has 31 heavy (non-hydrogen) atoms. The van der Waals surface area contributed by atoms with Crippen molar-refractivity contribution in [2.24, 2.45) is 0 Å². The van der Waals surface area contributed by atoms with Crippen LogP contribution >= 0.6 is 0 Å². The first-order valence-electron chi connectivity index (χ1n) is 10.4. The summed E-state index contributed by atoms with van der Waals surface area (Å²) in [5, 5.41) is 3.00. The van der Waals surface area contributed by atoms with E-state index in [1.165, 1.54) is 7.11 Å². The molecule has 166 valence electrons. The van der Waals surface area contributed by atoms with Crippen LogP contribution in [0.5, 0.6) is 11.5 Å². The zero-order valence-corrected chi connectivity index (χ0v) is 18.8. The molecule has 0 saturated heterocycles. The Labute approximate surface area is 183 Å². The predicted octanol–water partition coefficient (Wildman–Crippen LogP) is 2.00. The quantitative estimate of drug-likeness (QED) is 0.661. The molecule has 7 nitrogen and oxygen atoms in total. The van der Waals surface area contributed by atoms with Gasteiger partial charge in [0, 0.05) is 17.7 Å². The fourth-order valence-electron chi connectivity index (χ4n) is 4.34. The van der Waals surface area contributed by atoms with Crippen molar-refractivity contribution >= 4 is 17.6 Å². The number of esters is 1. The van der Waals surface area contributed by atoms with Gasteiger partial charge >= 0.3 is 5.97 Å². The summed E-state index contributed by atoms with van der Waals surface area (Å²) in [4.78, 5) is 26.0. The van der Waals surface area contributed by atoms with Gasteiger partial charge < -0.3 is 24.4 Å². The minimum atomic E-state index is -0.306. The molecule has 1 heterocycles. The zero-order valence-electron chi connectivity index (χ0n) is 18.8. The van der Waals surface area contributed by atoms with Crippen LogP contribution in [-0.4, -0.2) is 46.3 Å². The van der Waals surface area contributed by atoms with Crippen molar-refractivity contribution in [3.63, 3.8) is 0 Å². The Bertz CT molecular complexity index is 952. The SMILES string of the molecule is COC(=O)C[C@@H]1c2cc(OC)c(OC)cc2CC[NH+]1CC(=O)Nc1cc(C)cc(C)c1. The Morgan fingerprint density at radius 1 is 1.00 bits per heavy atom. The number of anilines is 1. The number of nitrogens with one attached hydrogen (secondary N) is 2. The maximum atomic E-state index is 12.8. The molecule has 7 heteroatoms. The Morgan fingerprint density at radius 3 is 2.26 bits per heavy atom. The normalized spacial score (nSPS) is 17.5. The van der Waals surface area contributed by atoms with Crippen LogP contribution in [0, 0.1) is 13.8 Å². The number of carbonyl (C=O) groups is 2. The molecule has 0 spiro atoms. The molecular formula is C24H31N2O5+. The largest absolute Gasteiger partial charge is 0.493 e. The second-order valence-electron chi connectivity index (χ2n) is 8.00. The van der Waals surface area contributed by atoms with Crippen LogP contribution in [0.3, 0.4) is 0 Å². The van der Waals surface area contributed by atoms with Crippen molar-refractivity contribution in [3.05, 3.63) is 52.6 Å². The van der Waals surface area contributed by atoms with Gasteiger partial charge in [0.1, 0.15) is 12.5 Å². The van der Waals surface area contributed by atoms with Gasteiger partial charge in [0.15, 0.2) is 18.0 Å². The first-order chi connectivity index (χ1) is 14.8. The molecule has 0 saturated carbocycles. The molecule has 0 aromatic heterocycles. The molecule has 0 aliphatic carbocycles. The van der Waals surface area contributed by atoms with E-state index in [4.69, 9.17) is 14.2 Å². The third-order valence-electron chi connectivity index (χ3n) is 5.72. The fraction of sp³-hybridized carbons (Fsp3) is 0.417. The average molecular weight is 428 g/mol. The maximum Gasteiger partial charge on any atom is 0.311 e. The highest BCUT2D eigenvalue weighted by molar-refractivity contribution is 5.91. The number of ether oxygens (including phenoxy) is 3. The minimum absolute atomic E-state index is 0.0845. The lowest BCUT2D eigenvalue weighted by Gasteiger charge is -2.34. The van der Waals surface area contributed by atoms with Gasteiger partial charge in [-0.2, -0.15) is 0 Å². The van der Waals surface area contributed by atoms with E-state index in [-0.39, 0.29) is 30.9 Å². The molecule has 1 aliphatic heterocycles. The van der Waals surface area contributed by atoms with Gasteiger partial charge in [-0.05, 0) is 54.8 Å². The van der Waals surface area contributed by atoms with Gasteiger partial charge in [0.2, 0.25) is 0 Å². The number of aryl methyl sites for hydroxylation is 2. The molecule has 2 N–H and O–H groups in total. The van der Waals surface area contributed by atoms with Crippen molar-refractivity contribution in [1.29, 1.82) is 0 Å². The highest BCUT2D eigenvalue weighted by Gasteiger charge is 2.35. The van der Waals surface area contributed by atoms with E-state index in [2.05, 4.69) is 11.4 Å². The highest BCUT2D eigenvalue weighted by Crippen LogP contribution is 2.35. The number of quaternary nitrogens is 1. The summed E-state index contributed by atoms with van der Waals surface area (Å²) in [7, 11) is 4.57. The lowest BCUT2D eigenvalue weighted by molar-refractivity contribution is -0.925. The summed E-state index contributed by atoms with van der Waals surface area (Å²) in [5.41, 5.74) is 5.07. The molecule has 1 aliphatic rings. The lowest BCUT2D eigenvalue weighted by Crippen LogP contribution is -3.14. The zero-order chi connectivity index (χ0) is 22.5. The molecule has 0 fully saturated rings. The van der Waals surface area contributed by atoms with Gasteiger partial charge in [-0.3, -0.25) is 9.59 Å². The second-order valence-corrected chi connectivity index (χ2v) is 8.00. The minimum Gasteiger partial charge on any atom is -0.493 e. The van der Waals surface area contributed by atoms with Crippen molar-refractivity contribution in [1.82, 2.24) is 0 Å². The molecule has 1 amide bonds. The Morgan fingerprint density at radius 2 is 1.65 bits per heavy atom. The second kappa shape index (κ2) is 9.83. The number of benzene rings is 2. The Balaban J connectivity index is 1.85. The molecule has 0 bridgehead atoms. The summed E-state index contributed by atoms with van der Waals surface area (Å²) in [6.45, 7) is 4.99. The summed E-state index contributed by atoms with van der Waals surface area (Å²) < 4.78 is 15.8. The van der Waals surface area contributed by atoms with Crippen LogP contribution in [0.1, 0.15) is 34.7 Å². The summed E-state index contributed by atoms with van der Waals surface area (Å²) in [5.74, 6) is 0.879. The molecule has 3 rings (SSSR count). The smallest absolute Gasteiger partial charge is 0.311 e. The number of hydrogen-bond acceptors (Lipinski definition) is 5. The monoisotopic (exact) mass is 427 g/mol. The van der Waals surface area contributed by atoms with Crippen LogP contribution in [0.15, 0.2) is 30.3 Å². The molecule has 2 aromatic rings. The summed E-state index contributed by atoms with van der Waals surface area (Å²) >= 11 is 0. The molecule has 2 aromatic carbocycles. The van der Waals surface area contributed by atoms with E-state index in [0.29, 0.717) is 11.5 Å². The third-order valence-corrected chi connectivity index (χ3v) is 5.72. The van der Waals surface area contributed by atoms with Gasteiger partial charge in [0.05, 0.1) is 27.9 Å². The predicted molar refractivity (Wildman–Crippen MR) is 118 cm³/mol. The van der Waals surface area contributed by atoms with Crippen LogP contribution < -0.4 is 19.7 Å². The number of fused-ring (bicyclic) bond motifs is 1. The number of carbonyl (C=O) groups excluding carboxylic acids is 2. The van der Waals surface area contributed by atoms with Crippen molar-refractivity contribution in [2.45, 2.75) is 32.7 Å². The van der Waals surface area contributed by atoms with Crippen LogP contribution in [0.4, 0.5) is 5.69 Å². The number of hydrogen-bond donors (Lipinski definition) is 2. The average Bonchev–Trinajstić information content (AvgIpc) is 2.73. The fourth-order valence-corrected chi connectivity index (χ4v) is 4.34. The molecule has 0 radical (unpaired) electrons. The highest BCUT2D eigenvalue weighted by atomic mass is 16.5. The Hall–Kier alpha value is -3.06. The number of methoxy groups -OCH3 is 3. The molecular weight excluding hydrogens is 396 g/mol. The first-order valence-corrected chi connectivity index (χ1v) is 10.4. The van der Waals surface area contributed by atoms with E-state index in [9.17, 15) is 9.59 Å². The Kier molecular flexibility index (Phi) is 7.17. The van der Waals surface area contributed by atoms with E-state index in [1.807, 2.05) is 38.1 Å². The molecule has 1 unspecified atom stereocenters. The van der Waals surface area contributed by atoms with Gasteiger partial charge in [0.25, 0.3) is 5.91 Å². The van der Waals surface area contributed by atoms with Crippen LogP contribution in [-0.2, 0) is 20.7 Å². The maximum absolute atomic E-state index is 12.8. The van der Waals surface area contributed by atoms with Crippen LogP contribution in [0.2, 0.25) is 0 Å². The van der Waals surface area contributed by atoms with Crippen molar-refractivity contribution in [3.8, 4) is 11.5 Å². The van der Waals surface area contributed by atoms with E-state index in [1.54, 1.807) is 14.2 Å². The van der Waals surface area contributed by atoms with E-state index < -0.39 is 0 Å². The standard InChI is InChI=1S/C24H30N2O5/c1-15-8-16(2)10-18(9-15)25-23(27)14-26-7-6-17-11-21(29-3)22(30-4)12-19(17)20(26)13-24(28)31-5/h8-12,20H,6-7,13-14H2,1-5H3,(H,25,27)/p+1/t20-/m1/s1. The van der Waals surface area contributed by atoms with E-state index in [0.717, 1.165) is 45.8 Å². The van der Waals surface area contributed by atoms with E-state index >= 15 is 0 Å². The topological polar surface area (TPSA) is 78.3 Å². The summed E-state index contributed by atoms with van der Waals surface area (Å²) in [6.07, 6.45) is 0.963. The summed E-state index contributed by atoms with van der Waals surface area (Å²) in [6, 6.07) is 9.65. The van der Waals surface area contributed by atoms with Crippen molar-refractivity contribution in [2.75, 3.05) is 39.7 Å². The third kappa shape index (κ3) is 5.35. The van der Waals surface area contributed by atoms with Crippen LogP contribution in [0.25, 0.3) is 0 Å². The number of rotatable bonds is 7. The number of amides is 1. The van der Waals surface area contributed by atoms with Gasteiger partial charge in [-0.1, -0.05) is 6.07 Å². The first kappa shape index (κ1) is 22.6. The van der Waals surface area contributed by atoms with Gasteiger partial charge in [-0.25, -0.2) is 0 Å².